The van der Waals surface area contributed by atoms with Gasteiger partial charge < -0.3 is 0 Å². The summed E-state index contributed by atoms with van der Waals surface area (Å²) in [5.74, 6) is 0.330. The van der Waals surface area contributed by atoms with E-state index in [1.54, 1.807) is 13.1 Å². The number of hydrogen-bond acceptors (Lipinski definition) is 4. The van der Waals surface area contributed by atoms with E-state index in [0.717, 1.165) is 21.3 Å². The highest BCUT2D eigenvalue weighted by atomic mass is 32.1. The Bertz CT molecular complexity index is 532. The summed E-state index contributed by atoms with van der Waals surface area (Å²) >= 11 is 1.43. The van der Waals surface area contributed by atoms with Crippen LogP contribution in [0.1, 0.15) is 42.1 Å². The number of thiazole rings is 1. The van der Waals surface area contributed by atoms with Crippen LogP contribution < -0.4 is 0 Å². The molecule has 0 N–H and O–H groups in total. The summed E-state index contributed by atoms with van der Waals surface area (Å²) in [7, 11) is 0. The standard InChI is InChI=1S/C13H14N2OS/c1-8(2)11-12(9(3)16)17-13(15-11)10-6-4-5-7-14-10/h4-8H,1-3H3. The summed E-state index contributed by atoms with van der Waals surface area (Å²) in [6.45, 7) is 5.68. The number of ketones is 1. The summed E-state index contributed by atoms with van der Waals surface area (Å²) in [5, 5.41) is 0.819. The van der Waals surface area contributed by atoms with Gasteiger partial charge in [0.2, 0.25) is 0 Å². The van der Waals surface area contributed by atoms with Gasteiger partial charge in [-0.15, -0.1) is 11.3 Å². The molecule has 3 nitrogen and oxygen atoms in total. The van der Waals surface area contributed by atoms with Crippen molar-refractivity contribution < 1.29 is 4.79 Å². The van der Waals surface area contributed by atoms with Gasteiger partial charge in [-0.05, 0) is 18.1 Å². The van der Waals surface area contributed by atoms with Crippen molar-refractivity contribution in [2.75, 3.05) is 0 Å². The summed E-state index contributed by atoms with van der Waals surface area (Å²) in [4.78, 5) is 21.1. The molecule has 0 fully saturated rings. The maximum Gasteiger partial charge on any atom is 0.171 e. The van der Waals surface area contributed by atoms with E-state index in [-0.39, 0.29) is 11.7 Å². The van der Waals surface area contributed by atoms with Crippen LogP contribution in [0.5, 0.6) is 0 Å². The van der Waals surface area contributed by atoms with Crippen LogP contribution in [-0.2, 0) is 0 Å². The second kappa shape index (κ2) is 4.75. The third-order valence-corrected chi connectivity index (χ3v) is 3.60. The molecule has 0 radical (unpaired) electrons. The largest absolute Gasteiger partial charge is 0.294 e. The summed E-state index contributed by atoms with van der Waals surface area (Å²) in [6.07, 6.45) is 1.74. The first-order valence-electron chi connectivity index (χ1n) is 5.52. The van der Waals surface area contributed by atoms with Crippen LogP contribution in [0.3, 0.4) is 0 Å². The predicted octanol–water partition coefficient (Wildman–Crippen LogP) is 3.53. The average Bonchev–Trinajstić information content (AvgIpc) is 2.75. The minimum atomic E-state index is 0.0772. The van der Waals surface area contributed by atoms with Crippen molar-refractivity contribution in [2.45, 2.75) is 26.7 Å². The molecule has 0 aromatic carbocycles. The monoisotopic (exact) mass is 246 g/mol. The molecule has 4 heteroatoms. The van der Waals surface area contributed by atoms with Crippen LogP contribution in [-0.4, -0.2) is 15.8 Å². The molecule has 0 atom stereocenters. The van der Waals surface area contributed by atoms with E-state index in [2.05, 4.69) is 9.97 Å². The molecule has 2 aromatic rings. The minimum Gasteiger partial charge on any atom is -0.294 e. The smallest absolute Gasteiger partial charge is 0.171 e. The SMILES string of the molecule is CC(=O)c1sc(-c2ccccn2)nc1C(C)C. The Labute approximate surface area is 105 Å². The number of nitrogens with zero attached hydrogens (tertiary/aromatic N) is 2. The lowest BCUT2D eigenvalue weighted by molar-refractivity contribution is 0.102. The molecule has 2 aromatic heterocycles. The molecule has 0 saturated carbocycles. The first-order chi connectivity index (χ1) is 8.09. The minimum absolute atomic E-state index is 0.0772. The van der Waals surface area contributed by atoms with Crippen molar-refractivity contribution in [3.05, 3.63) is 35.0 Å². The van der Waals surface area contributed by atoms with Crippen molar-refractivity contribution in [2.24, 2.45) is 0 Å². The van der Waals surface area contributed by atoms with Gasteiger partial charge in [0.15, 0.2) is 5.78 Å². The fraction of sp³-hybridized carbons (Fsp3) is 0.308. The van der Waals surface area contributed by atoms with Gasteiger partial charge in [-0.3, -0.25) is 9.78 Å². The molecule has 0 bridgehead atoms. The van der Waals surface area contributed by atoms with Gasteiger partial charge in [-0.1, -0.05) is 19.9 Å². The number of aromatic nitrogens is 2. The van der Waals surface area contributed by atoms with Crippen molar-refractivity contribution in [3.63, 3.8) is 0 Å². The second-order valence-electron chi connectivity index (χ2n) is 4.16. The topological polar surface area (TPSA) is 42.9 Å². The molecule has 2 heterocycles. The van der Waals surface area contributed by atoms with Gasteiger partial charge in [0.05, 0.1) is 16.3 Å². The molecule has 17 heavy (non-hydrogen) atoms. The Balaban J connectivity index is 2.51. The highest BCUT2D eigenvalue weighted by Gasteiger charge is 2.18. The highest BCUT2D eigenvalue weighted by molar-refractivity contribution is 7.17. The molecule has 2 rings (SSSR count). The zero-order chi connectivity index (χ0) is 12.4. The average molecular weight is 246 g/mol. The Morgan fingerprint density at radius 3 is 2.59 bits per heavy atom. The number of rotatable bonds is 3. The molecule has 0 aliphatic carbocycles. The lowest BCUT2D eigenvalue weighted by atomic mass is 10.1. The van der Waals surface area contributed by atoms with E-state index >= 15 is 0 Å². The van der Waals surface area contributed by atoms with Crippen molar-refractivity contribution in [3.8, 4) is 10.7 Å². The molecule has 0 unspecified atom stereocenters. The van der Waals surface area contributed by atoms with Crippen LogP contribution in [0.2, 0.25) is 0 Å². The molecule has 0 aliphatic heterocycles. The Morgan fingerprint density at radius 2 is 2.12 bits per heavy atom. The summed E-state index contributed by atoms with van der Waals surface area (Å²) in [6, 6.07) is 5.70. The van der Waals surface area contributed by atoms with Gasteiger partial charge in [0.25, 0.3) is 0 Å². The molecular weight excluding hydrogens is 232 g/mol. The third-order valence-electron chi connectivity index (χ3n) is 2.40. The Hall–Kier alpha value is -1.55. The van der Waals surface area contributed by atoms with E-state index in [1.165, 1.54) is 11.3 Å². The van der Waals surface area contributed by atoms with E-state index in [9.17, 15) is 4.79 Å². The Kier molecular flexibility index (Phi) is 3.33. The predicted molar refractivity (Wildman–Crippen MR) is 69.4 cm³/mol. The van der Waals surface area contributed by atoms with Crippen LogP contribution in [0.25, 0.3) is 10.7 Å². The molecule has 0 saturated heterocycles. The van der Waals surface area contributed by atoms with Gasteiger partial charge in [0, 0.05) is 13.1 Å². The highest BCUT2D eigenvalue weighted by Crippen LogP contribution is 2.30. The molecule has 0 aliphatic rings. The fourth-order valence-corrected chi connectivity index (χ4v) is 2.67. The quantitative estimate of drug-likeness (QED) is 0.778. The zero-order valence-corrected chi connectivity index (χ0v) is 10.9. The van der Waals surface area contributed by atoms with Crippen molar-refractivity contribution in [1.82, 2.24) is 9.97 Å². The third kappa shape index (κ3) is 2.42. The maximum atomic E-state index is 11.6. The zero-order valence-electron chi connectivity index (χ0n) is 10.1. The van der Waals surface area contributed by atoms with Crippen LogP contribution in [0.15, 0.2) is 24.4 Å². The number of carbonyl (C=O) groups excluding carboxylic acids is 1. The van der Waals surface area contributed by atoms with Crippen LogP contribution >= 0.6 is 11.3 Å². The van der Waals surface area contributed by atoms with Gasteiger partial charge in [-0.2, -0.15) is 0 Å². The van der Waals surface area contributed by atoms with E-state index in [0.29, 0.717) is 0 Å². The van der Waals surface area contributed by atoms with E-state index < -0.39 is 0 Å². The molecule has 88 valence electrons. The Morgan fingerprint density at radius 1 is 1.35 bits per heavy atom. The summed E-state index contributed by atoms with van der Waals surface area (Å²) in [5.41, 5.74) is 1.70. The first kappa shape index (κ1) is 11.9. The summed E-state index contributed by atoms with van der Waals surface area (Å²) < 4.78 is 0. The second-order valence-corrected chi connectivity index (χ2v) is 5.16. The first-order valence-corrected chi connectivity index (χ1v) is 6.34. The normalized spacial score (nSPS) is 10.8. The van der Waals surface area contributed by atoms with Crippen molar-refractivity contribution >= 4 is 17.1 Å². The number of hydrogen-bond donors (Lipinski definition) is 0. The van der Waals surface area contributed by atoms with Crippen LogP contribution in [0, 0.1) is 0 Å². The fourth-order valence-electron chi connectivity index (χ4n) is 1.57. The van der Waals surface area contributed by atoms with Crippen molar-refractivity contribution in [1.29, 1.82) is 0 Å². The molecular formula is C13H14N2OS. The van der Waals surface area contributed by atoms with E-state index in [4.69, 9.17) is 0 Å². The van der Waals surface area contributed by atoms with Gasteiger partial charge in [0.1, 0.15) is 5.01 Å². The lowest BCUT2D eigenvalue weighted by Crippen LogP contribution is -1.97. The number of Topliss-reactive ketones (excluding diaryl/α,β-unsaturated/α-hetero) is 1. The lowest BCUT2D eigenvalue weighted by Gasteiger charge is -2.01. The number of pyridine rings is 1. The molecule has 0 spiro atoms. The van der Waals surface area contributed by atoms with Gasteiger partial charge in [-0.25, -0.2) is 4.98 Å². The van der Waals surface area contributed by atoms with Crippen LogP contribution in [0.4, 0.5) is 0 Å². The van der Waals surface area contributed by atoms with E-state index in [1.807, 2.05) is 32.0 Å². The molecule has 0 amide bonds. The maximum absolute atomic E-state index is 11.6. The van der Waals surface area contributed by atoms with Gasteiger partial charge >= 0.3 is 0 Å². The number of carbonyl (C=O) groups is 1.